The lowest BCUT2D eigenvalue weighted by atomic mass is 9.81. The summed E-state index contributed by atoms with van der Waals surface area (Å²) < 4.78 is 5.56. The fourth-order valence-electron chi connectivity index (χ4n) is 4.55. The Labute approximate surface area is 165 Å². The lowest BCUT2D eigenvalue weighted by molar-refractivity contribution is -0.140. The molecule has 0 saturated heterocycles. The highest BCUT2D eigenvalue weighted by molar-refractivity contribution is 6.31. The van der Waals surface area contributed by atoms with E-state index in [1.54, 1.807) is 0 Å². The van der Waals surface area contributed by atoms with Crippen LogP contribution in [0.25, 0.3) is 10.9 Å². The number of halogens is 1. The number of rotatable bonds is 5. The van der Waals surface area contributed by atoms with Gasteiger partial charge in [-0.15, -0.1) is 0 Å². The maximum absolute atomic E-state index is 13.0. The average Bonchev–Trinajstić information content (AvgIpc) is 3.06. The molecule has 1 aromatic carbocycles. The summed E-state index contributed by atoms with van der Waals surface area (Å²) in [5.74, 6) is 0.540. The fraction of sp³-hybridized carbons (Fsp3) is 0.500. The summed E-state index contributed by atoms with van der Waals surface area (Å²) in [6.07, 6.45) is 9.50. The first-order valence-electron chi connectivity index (χ1n) is 10.0. The summed E-state index contributed by atoms with van der Waals surface area (Å²) in [5, 5.41) is 1.95. The van der Waals surface area contributed by atoms with Crippen molar-refractivity contribution in [3.8, 4) is 0 Å². The second-order valence-electron chi connectivity index (χ2n) is 7.59. The zero-order chi connectivity index (χ0) is 18.8. The van der Waals surface area contributed by atoms with Crippen LogP contribution in [0.5, 0.6) is 0 Å². The van der Waals surface area contributed by atoms with Gasteiger partial charge < -0.3 is 14.6 Å². The fourth-order valence-corrected chi connectivity index (χ4v) is 4.72. The van der Waals surface area contributed by atoms with Crippen LogP contribution in [-0.2, 0) is 16.0 Å². The molecule has 1 aliphatic carbocycles. The number of aromatic nitrogens is 1. The number of H-pyrrole nitrogens is 1. The van der Waals surface area contributed by atoms with E-state index in [9.17, 15) is 4.79 Å². The zero-order valence-electron chi connectivity index (χ0n) is 15.8. The van der Waals surface area contributed by atoms with Crippen molar-refractivity contribution >= 4 is 28.4 Å². The monoisotopic (exact) mass is 386 g/mol. The first-order valence-corrected chi connectivity index (χ1v) is 10.4. The Balaban J connectivity index is 1.71. The van der Waals surface area contributed by atoms with Gasteiger partial charge in [-0.25, -0.2) is 0 Å². The summed E-state index contributed by atoms with van der Waals surface area (Å²) in [6.45, 7) is 3.61. The van der Waals surface area contributed by atoms with Crippen LogP contribution in [0.2, 0.25) is 5.02 Å². The molecule has 0 radical (unpaired) electrons. The Hall–Kier alpha value is -1.78. The highest BCUT2D eigenvalue weighted by Crippen LogP contribution is 2.42. The third kappa shape index (κ3) is 3.65. The minimum absolute atomic E-state index is 0.0857. The van der Waals surface area contributed by atoms with Crippen LogP contribution in [0.3, 0.4) is 0 Å². The summed E-state index contributed by atoms with van der Waals surface area (Å²) >= 11 is 6.25. The molecule has 1 aliphatic heterocycles. The van der Waals surface area contributed by atoms with Crippen molar-refractivity contribution in [1.29, 1.82) is 0 Å². The normalized spacial score (nSPS) is 22.2. The van der Waals surface area contributed by atoms with Crippen molar-refractivity contribution in [3.63, 3.8) is 0 Å². The molecule has 1 N–H and O–H groups in total. The number of aromatic amines is 1. The number of allylic oxidation sites excluding steroid dienone is 2. The summed E-state index contributed by atoms with van der Waals surface area (Å²) in [4.78, 5) is 18.6. The Morgan fingerprint density at radius 2 is 2.26 bits per heavy atom. The van der Waals surface area contributed by atoms with E-state index in [-0.39, 0.29) is 18.6 Å². The number of ether oxygens (including phenoxy) is 1. The number of nitrogens with zero attached hydrogens (tertiary/aromatic N) is 1. The Morgan fingerprint density at radius 3 is 3.04 bits per heavy atom. The van der Waals surface area contributed by atoms with E-state index in [1.165, 1.54) is 16.6 Å². The molecule has 4 nitrogen and oxygen atoms in total. The quantitative estimate of drug-likeness (QED) is 0.578. The largest absolute Gasteiger partial charge is 0.372 e. The molecule has 0 saturated carbocycles. The predicted molar refractivity (Wildman–Crippen MR) is 109 cm³/mol. The van der Waals surface area contributed by atoms with Crippen molar-refractivity contribution in [1.82, 2.24) is 9.88 Å². The van der Waals surface area contributed by atoms with Gasteiger partial charge in [-0.05, 0) is 61.8 Å². The molecule has 2 aliphatic rings. The number of hydrogen-bond donors (Lipinski definition) is 1. The van der Waals surface area contributed by atoms with Gasteiger partial charge in [0.25, 0.3) is 0 Å². The van der Waals surface area contributed by atoms with Gasteiger partial charge >= 0.3 is 0 Å². The van der Waals surface area contributed by atoms with Gasteiger partial charge in [0, 0.05) is 34.8 Å². The molecule has 1 aromatic heterocycles. The molecule has 2 atom stereocenters. The maximum Gasteiger partial charge on any atom is 0.249 e. The molecule has 27 heavy (non-hydrogen) atoms. The van der Waals surface area contributed by atoms with E-state index in [0.717, 1.165) is 49.2 Å². The lowest BCUT2D eigenvalue weighted by Gasteiger charge is -2.41. The average molecular weight is 387 g/mol. The van der Waals surface area contributed by atoms with Crippen molar-refractivity contribution in [3.05, 3.63) is 46.6 Å². The second-order valence-corrected chi connectivity index (χ2v) is 8.02. The van der Waals surface area contributed by atoms with Crippen molar-refractivity contribution in [2.24, 2.45) is 5.92 Å². The Kier molecular flexibility index (Phi) is 5.55. The molecule has 4 rings (SSSR count). The number of benzene rings is 1. The minimum Gasteiger partial charge on any atom is -0.372 e. The van der Waals surface area contributed by atoms with Gasteiger partial charge in [-0.2, -0.15) is 0 Å². The lowest BCUT2D eigenvalue weighted by Crippen LogP contribution is -2.45. The minimum atomic E-state index is 0.0857. The first kappa shape index (κ1) is 18.6. The summed E-state index contributed by atoms with van der Waals surface area (Å²) in [5.41, 5.74) is 3.63. The highest BCUT2D eigenvalue weighted by Gasteiger charge is 2.38. The van der Waals surface area contributed by atoms with Crippen LogP contribution in [0.15, 0.2) is 30.4 Å². The van der Waals surface area contributed by atoms with Crippen molar-refractivity contribution in [2.45, 2.75) is 45.1 Å². The number of amides is 1. The van der Waals surface area contributed by atoms with Gasteiger partial charge in [-0.3, -0.25) is 4.79 Å². The van der Waals surface area contributed by atoms with E-state index in [1.807, 2.05) is 18.2 Å². The number of nitrogens with one attached hydrogen (secondary N) is 1. The topological polar surface area (TPSA) is 45.3 Å². The molecular formula is C22H27ClN2O2. The van der Waals surface area contributed by atoms with E-state index < -0.39 is 0 Å². The smallest absolute Gasteiger partial charge is 0.249 e. The van der Waals surface area contributed by atoms with Crippen LogP contribution in [-0.4, -0.2) is 35.5 Å². The molecule has 1 amide bonds. The second kappa shape index (κ2) is 8.07. The summed E-state index contributed by atoms with van der Waals surface area (Å²) in [6, 6.07) is 6.10. The molecular weight excluding hydrogens is 360 g/mol. The van der Waals surface area contributed by atoms with Crippen LogP contribution < -0.4 is 0 Å². The van der Waals surface area contributed by atoms with E-state index in [0.29, 0.717) is 12.5 Å². The molecule has 2 heterocycles. The summed E-state index contributed by atoms with van der Waals surface area (Å²) in [7, 11) is 0. The molecule has 2 aromatic rings. The van der Waals surface area contributed by atoms with Gasteiger partial charge in [0.1, 0.15) is 6.61 Å². The van der Waals surface area contributed by atoms with Crippen LogP contribution in [0, 0.1) is 5.92 Å². The maximum atomic E-state index is 13.0. The standard InChI is InChI=1S/C22H27ClN2O2/c1-2-12-27-14-20(26)25-11-10-17-18-13-16(23)8-9-19(18)24-21(17)22(25)15-6-4-3-5-7-15/h3-4,8-9,13,15,22,24H,2,5-7,10-12,14H2,1H3. The SMILES string of the molecule is CCCOCC(=O)N1CCc2c([nH]c3ccc(Cl)cc23)C1C1CC=CCC1. The number of fused-ring (bicyclic) bond motifs is 3. The third-order valence-electron chi connectivity index (χ3n) is 5.79. The molecule has 0 spiro atoms. The van der Waals surface area contributed by atoms with Crippen LogP contribution >= 0.6 is 11.6 Å². The first-order chi connectivity index (χ1) is 13.2. The van der Waals surface area contributed by atoms with Gasteiger partial charge in [0.15, 0.2) is 0 Å². The molecule has 5 heteroatoms. The zero-order valence-corrected chi connectivity index (χ0v) is 16.6. The van der Waals surface area contributed by atoms with Gasteiger partial charge in [-0.1, -0.05) is 30.7 Å². The van der Waals surface area contributed by atoms with Gasteiger partial charge in [0.2, 0.25) is 5.91 Å². The van der Waals surface area contributed by atoms with Crippen molar-refractivity contribution < 1.29 is 9.53 Å². The number of hydrogen-bond acceptors (Lipinski definition) is 2. The number of carbonyl (C=O) groups excluding carboxylic acids is 1. The van der Waals surface area contributed by atoms with Gasteiger partial charge in [0.05, 0.1) is 6.04 Å². The molecule has 144 valence electrons. The Morgan fingerprint density at radius 1 is 1.37 bits per heavy atom. The van der Waals surface area contributed by atoms with E-state index >= 15 is 0 Å². The third-order valence-corrected chi connectivity index (χ3v) is 6.02. The molecule has 2 unspecified atom stereocenters. The van der Waals surface area contributed by atoms with E-state index in [2.05, 4.69) is 29.0 Å². The molecule has 0 fully saturated rings. The van der Waals surface area contributed by atoms with Crippen LogP contribution in [0.1, 0.15) is 49.9 Å². The van der Waals surface area contributed by atoms with Crippen LogP contribution in [0.4, 0.5) is 0 Å². The van der Waals surface area contributed by atoms with Crippen molar-refractivity contribution in [2.75, 3.05) is 19.8 Å². The highest BCUT2D eigenvalue weighted by atomic mass is 35.5. The van der Waals surface area contributed by atoms with E-state index in [4.69, 9.17) is 16.3 Å². The Bertz CT molecular complexity index is 857. The predicted octanol–water partition coefficient (Wildman–Crippen LogP) is 5.03. The molecule has 0 bridgehead atoms. The number of carbonyl (C=O) groups is 1.